The summed E-state index contributed by atoms with van der Waals surface area (Å²) in [5.41, 5.74) is 3.38. The van der Waals surface area contributed by atoms with Crippen molar-refractivity contribution < 1.29 is 9.53 Å². The number of thioether (sulfide) groups is 1. The van der Waals surface area contributed by atoms with Crippen molar-refractivity contribution in [3.63, 3.8) is 0 Å². The molecular formula is C22H22N2O2S. The van der Waals surface area contributed by atoms with Crippen molar-refractivity contribution in [2.45, 2.75) is 11.4 Å². The number of rotatable bonds is 5. The van der Waals surface area contributed by atoms with Crippen molar-refractivity contribution >= 4 is 28.6 Å². The molecule has 138 valence electrons. The Morgan fingerprint density at radius 3 is 2.59 bits per heavy atom. The molecule has 1 fully saturated rings. The van der Waals surface area contributed by atoms with Gasteiger partial charge in [-0.3, -0.25) is 4.79 Å². The molecule has 1 aromatic heterocycles. The SMILES string of the molecule is O=C(CSc1nc2ccccc2cc1Cc1ccccc1)N1CCOCC1. The molecule has 0 N–H and O–H groups in total. The molecule has 1 aliphatic heterocycles. The lowest BCUT2D eigenvalue weighted by molar-refractivity contribution is -0.132. The van der Waals surface area contributed by atoms with Gasteiger partial charge in [0.1, 0.15) is 5.03 Å². The van der Waals surface area contributed by atoms with E-state index in [1.54, 1.807) is 0 Å². The van der Waals surface area contributed by atoms with E-state index in [1.165, 1.54) is 22.9 Å². The zero-order chi connectivity index (χ0) is 18.5. The molecule has 4 rings (SSSR count). The van der Waals surface area contributed by atoms with E-state index in [4.69, 9.17) is 9.72 Å². The fourth-order valence-electron chi connectivity index (χ4n) is 3.24. The monoisotopic (exact) mass is 378 g/mol. The van der Waals surface area contributed by atoms with Crippen LogP contribution in [0, 0.1) is 0 Å². The summed E-state index contributed by atoms with van der Waals surface area (Å²) in [6.07, 6.45) is 0.812. The molecular weight excluding hydrogens is 356 g/mol. The second kappa shape index (κ2) is 8.55. The number of aromatic nitrogens is 1. The predicted octanol–water partition coefficient (Wildman–Crippen LogP) is 3.78. The number of para-hydroxylation sites is 1. The first-order chi connectivity index (χ1) is 13.3. The highest BCUT2D eigenvalue weighted by Crippen LogP contribution is 2.27. The molecule has 0 unspecified atom stereocenters. The van der Waals surface area contributed by atoms with Crippen molar-refractivity contribution in [3.05, 3.63) is 71.8 Å². The molecule has 0 atom stereocenters. The minimum absolute atomic E-state index is 0.156. The Morgan fingerprint density at radius 2 is 1.78 bits per heavy atom. The van der Waals surface area contributed by atoms with Gasteiger partial charge in [-0.2, -0.15) is 0 Å². The number of benzene rings is 2. The Kier molecular flexibility index (Phi) is 5.70. The number of fused-ring (bicyclic) bond motifs is 1. The number of nitrogens with zero attached hydrogens (tertiary/aromatic N) is 2. The summed E-state index contributed by atoms with van der Waals surface area (Å²) < 4.78 is 5.33. The highest BCUT2D eigenvalue weighted by atomic mass is 32.2. The Bertz CT molecular complexity index is 924. The van der Waals surface area contributed by atoms with Crippen LogP contribution in [0.4, 0.5) is 0 Å². The Morgan fingerprint density at radius 1 is 1.04 bits per heavy atom. The van der Waals surface area contributed by atoms with E-state index in [9.17, 15) is 4.79 Å². The van der Waals surface area contributed by atoms with Crippen LogP contribution in [-0.4, -0.2) is 47.8 Å². The van der Waals surface area contributed by atoms with Crippen molar-refractivity contribution in [2.24, 2.45) is 0 Å². The maximum Gasteiger partial charge on any atom is 0.233 e. The summed E-state index contributed by atoms with van der Waals surface area (Å²) in [6.45, 7) is 2.62. The van der Waals surface area contributed by atoms with Crippen LogP contribution in [0.15, 0.2) is 65.7 Å². The number of carbonyl (C=O) groups excluding carboxylic acids is 1. The fraction of sp³-hybridized carbons (Fsp3) is 0.273. The van der Waals surface area contributed by atoms with Crippen molar-refractivity contribution in [2.75, 3.05) is 32.1 Å². The van der Waals surface area contributed by atoms with Crippen LogP contribution in [-0.2, 0) is 16.0 Å². The van der Waals surface area contributed by atoms with Crippen LogP contribution < -0.4 is 0 Å². The molecule has 2 aromatic carbocycles. The van der Waals surface area contributed by atoms with Crippen LogP contribution in [0.25, 0.3) is 10.9 Å². The molecule has 0 bridgehead atoms. The van der Waals surface area contributed by atoms with Crippen LogP contribution in [0.2, 0.25) is 0 Å². The zero-order valence-electron chi connectivity index (χ0n) is 15.1. The fourth-order valence-corrected chi connectivity index (χ4v) is 4.17. The van der Waals surface area contributed by atoms with Gasteiger partial charge in [0, 0.05) is 24.9 Å². The molecule has 4 nitrogen and oxygen atoms in total. The maximum atomic E-state index is 12.5. The minimum atomic E-state index is 0.156. The summed E-state index contributed by atoms with van der Waals surface area (Å²) >= 11 is 1.54. The van der Waals surface area contributed by atoms with E-state index in [0.29, 0.717) is 32.1 Å². The number of ether oxygens (including phenoxy) is 1. The van der Waals surface area contributed by atoms with Gasteiger partial charge in [-0.1, -0.05) is 60.3 Å². The van der Waals surface area contributed by atoms with E-state index in [0.717, 1.165) is 22.3 Å². The highest BCUT2D eigenvalue weighted by molar-refractivity contribution is 7.99. The van der Waals surface area contributed by atoms with E-state index < -0.39 is 0 Å². The average molecular weight is 378 g/mol. The Balaban J connectivity index is 1.57. The van der Waals surface area contributed by atoms with Gasteiger partial charge in [-0.25, -0.2) is 4.98 Å². The van der Waals surface area contributed by atoms with Crippen LogP contribution in [0.5, 0.6) is 0 Å². The minimum Gasteiger partial charge on any atom is -0.378 e. The van der Waals surface area contributed by atoms with Crippen molar-refractivity contribution in [3.8, 4) is 0 Å². The summed E-state index contributed by atoms with van der Waals surface area (Å²) in [4.78, 5) is 19.3. The standard InChI is InChI=1S/C22H22N2O2S/c25-21(24-10-12-26-13-11-24)16-27-22-19(14-17-6-2-1-3-7-17)15-18-8-4-5-9-20(18)23-22/h1-9,15H,10-14,16H2. The van der Waals surface area contributed by atoms with Gasteiger partial charge in [-0.05, 0) is 23.3 Å². The molecule has 0 saturated carbocycles. The second-order valence-electron chi connectivity index (χ2n) is 6.59. The molecule has 1 aliphatic rings. The summed E-state index contributed by atoms with van der Waals surface area (Å²) in [5, 5.41) is 2.08. The van der Waals surface area contributed by atoms with Gasteiger partial charge in [0.15, 0.2) is 0 Å². The average Bonchev–Trinajstić information content (AvgIpc) is 2.73. The molecule has 5 heteroatoms. The first-order valence-corrected chi connectivity index (χ1v) is 10.2. The number of carbonyl (C=O) groups is 1. The zero-order valence-corrected chi connectivity index (χ0v) is 16.0. The van der Waals surface area contributed by atoms with E-state index in [2.05, 4.69) is 36.4 Å². The topological polar surface area (TPSA) is 42.4 Å². The maximum absolute atomic E-state index is 12.5. The number of morpholine rings is 1. The molecule has 1 saturated heterocycles. The third-order valence-electron chi connectivity index (χ3n) is 4.70. The largest absolute Gasteiger partial charge is 0.378 e. The van der Waals surface area contributed by atoms with Crippen molar-refractivity contribution in [1.29, 1.82) is 0 Å². The predicted molar refractivity (Wildman–Crippen MR) is 109 cm³/mol. The van der Waals surface area contributed by atoms with E-state index in [1.807, 2.05) is 29.2 Å². The lowest BCUT2D eigenvalue weighted by Gasteiger charge is -2.26. The van der Waals surface area contributed by atoms with Gasteiger partial charge in [0.25, 0.3) is 0 Å². The van der Waals surface area contributed by atoms with Gasteiger partial charge < -0.3 is 9.64 Å². The Labute approximate surface area is 163 Å². The molecule has 0 spiro atoms. The Hall–Kier alpha value is -2.37. The van der Waals surface area contributed by atoms with Gasteiger partial charge in [0.05, 0.1) is 24.5 Å². The quantitative estimate of drug-likeness (QED) is 0.634. The molecule has 27 heavy (non-hydrogen) atoms. The molecule has 1 amide bonds. The summed E-state index contributed by atoms with van der Waals surface area (Å²) in [5.74, 6) is 0.566. The van der Waals surface area contributed by atoms with Gasteiger partial charge in [0.2, 0.25) is 5.91 Å². The summed E-state index contributed by atoms with van der Waals surface area (Å²) in [7, 11) is 0. The first-order valence-electron chi connectivity index (χ1n) is 9.20. The number of hydrogen-bond acceptors (Lipinski definition) is 4. The van der Waals surface area contributed by atoms with E-state index in [-0.39, 0.29) is 5.91 Å². The lowest BCUT2D eigenvalue weighted by Crippen LogP contribution is -2.41. The third-order valence-corrected chi connectivity index (χ3v) is 5.71. The number of hydrogen-bond donors (Lipinski definition) is 0. The van der Waals surface area contributed by atoms with E-state index >= 15 is 0 Å². The molecule has 0 aliphatic carbocycles. The van der Waals surface area contributed by atoms with Crippen molar-refractivity contribution in [1.82, 2.24) is 9.88 Å². The normalized spacial score (nSPS) is 14.4. The molecule has 0 radical (unpaired) electrons. The molecule has 2 heterocycles. The van der Waals surface area contributed by atoms with Gasteiger partial charge >= 0.3 is 0 Å². The third kappa shape index (κ3) is 4.49. The smallest absolute Gasteiger partial charge is 0.233 e. The second-order valence-corrected chi connectivity index (χ2v) is 7.55. The van der Waals surface area contributed by atoms with Crippen LogP contribution in [0.3, 0.4) is 0 Å². The lowest BCUT2D eigenvalue weighted by atomic mass is 10.0. The highest BCUT2D eigenvalue weighted by Gasteiger charge is 2.18. The van der Waals surface area contributed by atoms with Crippen LogP contribution in [0.1, 0.15) is 11.1 Å². The number of pyridine rings is 1. The number of amides is 1. The molecule has 3 aromatic rings. The summed E-state index contributed by atoms with van der Waals surface area (Å²) in [6, 6.07) is 20.7. The van der Waals surface area contributed by atoms with Gasteiger partial charge in [-0.15, -0.1) is 0 Å². The van der Waals surface area contributed by atoms with Crippen LogP contribution >= 0.6 is 11.8 Å². The first kappa shape index (κ1) is 18.0.